The summed E-state index contributed by atoms with van der Waals surface area (Å²) in [5.41, 5.74) is 0.639. The van der Waals surface area contributed by atoms with Gasteiger partial charge in [0.2, 0.25) is 5.91 Å². The zero-order valence-corrected chi connectivity index (χ0v) is 15.1. The largest absolute Gasteiger partial charge is 0.353 e. The van der Waals surface area contributed by atoms with E-state index in [4.69, 9.17) is 0 Å². The van der Waals surface area contributed by atoms with Gasteiger partial charge in [0.05, 0.1) is 5.56 Å². The number of halogens is 2. The van der Waals surface area contributed by atoms with Crippen LogP contribution < -0.4 is 5.32 Å². The Morgan fingerprint density at radius 1 is 1.50 bits per heavy atom. The molecule has 108 valence electrons. The van der Waals surface area contributed by atoms with Gasteiger partial charge in [-0.05, 0) is 46.7 Å². The topological polar surface area (TPSA) is 49.4 Å². The van der Waals surface area contributed by atoms with Gasteiger partial charge in [0.15, 0.2) is 0 Å². The molecule has 0 saturated carbocycles. The normalized spacial score (nSPS) is 19.1. The van der Waals surface area contributed by atoms with Crippen LogP contribution >= 0.6 is 38.5 Å². The Morgan fingerprint density at radius 3 is 2.85 bits per heavy atom. The van der Waals surface area contributed by atoms with Crippen molar-refractivity contribution in [2.24, 2.45) is 5.92 Å². The van der Waals surface area contributed by atoms with Crippen LogP contribution in [0.3, 0.4) is 0 Å². The lowest BCUT2D eigenvalue weighted by atomic mass is 9.98. The van der Waals surface area contributed by atoms with Crippen molar-refractivity contribution in [3.63, 3.8) is 0 Å². The predicted octanol–water partition coefficient (Wildman–Crippen LogP) is 2.65. The fraction of sp³-hybridized carbons (Fsp3) is 0.429. The van der Waals surface area contributed by atoms with Crippen LogP contribution in [0.15, 0.2) is 22.7 Å². The van der Waals surface area contributed by atoms with E-state index in [1.807, 2.05) is 32.0 Å². The number of carbonyl (C=O) groups is 2. The van der Waals surface area contributed by atoms with Gasteiger partial charge < -0.3 is 10.2 Å². The fourth-order valence-corrected chi connectivity index (χ4v) is 3.32. The van der Waals surface area contributed by atoms with Crippen molar-refractivity contribution < 1.29 is 9.59 Å². The summed E-state index contributed by atoms with van der Waals surface area (Å²) in [5, 5.41) is 2.83. The van der Waals surface area contributed by atoms with Crippen molar-refractivity contribution in [3.8, 4) is 0 Å². The van der Waals surface area contributed by atoms with E-state index in [0.717, 1.165) is 8.04 Å². The van der Waals surface area contributed by atoms with Gasteiger partial charge in [-0.2, -0.15) is 0 Å². The first-order valence-corrected chi connectivity index (χ1v) is 8.32. The molecule has 0 radical (unpaired) electrons. The number of hydrogen-bond acceptors (Lipinski definition) is 2. The molecular weight excluding hydrogens is 435 g/mol. The molecule has 1 atom stereocenters. The molecule has 0 spiro atoms. The molecule has 4 nitrogen and oxygen atoms in total. The highest BCUT2D eigenvalue weighted by molar-refractivity contribution is 14.1. The van der Waals surface area contributed by atoms with Gasteiger partial charge in [0.1, 0.15) is 6.04 Å². The molecular formula is C14H16BrIN2O2. The SMILES string of the molecule is CC(C)C1C(=O)NCCN1C(=O)c1cc(Br)ccc1I. The van der Waals surface area contributed by atoms with Crippen molar-refractivity contribution >= 4 is 50.3 Å². The molecule has 1 unspecified atom stereocenters. The van der Waals surface area contributed by atoms with E-state index in [2.05, 4.69) is 43.8 Å². The summed E-state index contributed by atoms with van der Waals surface area (Å²) in [5.74, 6) is -0.0575. The third kappa shape index (κ3) is 3.16. The average Bonchev–Trinajstić information content (AvgIpc) is 2.40. The van der Waals surface area contributed by atoms with Crippen LogP contribution in [-0.4, -0.2) is 35.8 Å². The van der Waals surface area contributed by atoms with Crippen molar-refractivity contribution in [1.82, 2.24) is 10.2 Å². The van der Waals surface area contributed by atoms with E-state index in [1.165, 1.54) is 0 Å². The third-order valence-electron chi connectivity index (χ3n) is 3.31. The fourth-order valence-electron chi connectivity index (χ4n) is 2.39. The van der Waals surface area contributed by atoms with Gasteiger partial charge >= 0.3 is 0 Å². The minimum absolute atomic E-state index is 0.0652. The minimum atomic E-state index is -0.397. The van der Waals surface area contributed by atoms with Gasteiger partial charge in [-0.25, -0.2) is 0 Å². The first-order valence-electron chi connectivity index (χ1n) is 6.45. The maximum absolute atomic E-state index is 12.8. The Morgan fingerprint density at radius 2 is 2.20 bits per heavy atom. The van der Waals surface area contributed by atoms with Crippen molar-refractivity contribution in [2.75, 3.05) is 13.1 Å². The molecule has 1 N–H and O–H groups in total. The Bertz CT molecular complexity index is 548. The monoisotopic (exact) mass is 450 g/mol. The predicted molar refractivity (Wildman–Crippen MR) is 89.5 cm³/mol. The summed E-state index contributed by atoms with van der Waals surface area (Å²) in [7, 11) is 0. The number of amides is 2. The van der Waals surface area contributed by atoms with E-state index in [9.17, 15) is 9.59 Å². The quantitative estimate of drug-likeness (QED) is 0.704. The molecule has 1 fully saturated rings. The Labute approximate surface area is 140 Å². The van der Waals surface area contributed by atoms with Gasteiger partial charge in [0, 0.05) is 21.1 Å². The molecule has 1 saturated heterocycles. The summed E-state index contributed by atoms with van der Waals surface area (Å²) < 4.78 is 1.76. The minimum Gasteiger partial charge on any atom is -0.353 e. The standard InChI is InChI=1S/C14H16BrIN2O2/c1-8(2)12-13(19)17-5-6-18(12)14(20)10-7-9(15)3-4-11(10)16/h3-4,7-8,12H,5-6H2,1-2H3,(H,17,19). The summed E-state index contributed by atoms with van der Waals surface area (Å²) in [6.45, 7) is 4.98. The highest BCUT2D eigenvalue weighted by atomic mass is 127. The summed E-state index contributed by atoms with van der Waals surface area (Å²) >= 11 is 5.54. The average molecular weight is 451 g/mol. The Hall–Kier alpha value is -0.630. The highest BCUT2D eigenvalue weighted by Crippen LogP contribution is 2.23. The summed E-state index contributed by atoms with van der Waals surface area (Å²) in [4.78, 5) is 26.5. The Kier molecular flexibility index (Phi) is 5.06. The second-order valence-electron chi connectivity index (χ2n) is 5.10. The molecule has 0 aliphatic carbocycles. The molecule has 1 aromatic rings. The first-order chi connectivity index (χ1) is 9.41. The van der Waals surface area contributed by atoms with E-state index < -0.39 is 6.04 Å². The van der Waals surface area contributed by atoms with Crippen LogP contribution in [-0.2, 0) is 4.79 Å². The second kappa shape index (κ2) is 6.43. The van der Waals surface area contributed by atoms with Gasteiger partial charge in [0.25, 0.3) is 5.91 Å². The molecule has 1 heterocycles. The third-order valence-corrected chi connectivity index (χ3v) is 4.74. The molecule has 2 amide bonds. The first kappa shape index (κ1) is 15.8. The van der Waals surface area contributed by atoms with Crippen LogP contribution in [0.5, 0.6) is 0 Å². The summed E-state index contributed by atoms with van der Waals surface area (Å²) in [6, 6.07) is 5.22. The number of carbonyl (C=O) groups excluding carboxylic acids is 2. The van der Waals surface area contributed by atoms with Crippen LogP contribution in [0, 0.1) is 9.49 Å². The van der Waals surface area contributed by atoms with Crippen LogP contribution in [0.25, 0.3) is 0 Å². The number of nitrogens with zero attached hydrogens (tertiary/aromatic N) is 1. The van der Waals surface area contributed by atoms with Crippen molar-refractivity contribution in [3.05, 3.63) is 31.8 Å². The lowest BCUT2D eigenvalue weighted by Crippen LogP contribution is -2.59. The lowest BCUT2D eigenvalue weighted by molar-refractivity contribution is -0.129. The van der Waals surface area contributed by atoms with E-state index >= 15 is 0 Å². The molecule has 0 bridgehead atoms. The van der Waals surface area contributed by atoms with Crippen molar-refractivity contribution in [1.29, 1.82) is 0 Å². The Balaban J connectivity index is 2.35. The maximum Gasteiger partial charge on any atom is 0.255 e. The van der Waals surface area contributed by atoms with Crippen LogP contribution in [0.4, 0.5) is 0 Å². The van der Waals surface area contributed by atoms with Crippen LogP contribution in [0.2, 0.25) is 0 Å². The number of rotatable bonds is 2. The lowest BCUT2D eigenvalue weighted by Gasteiger charge is -2.37. The number of benzene rings is 1. The maximum atomic E-state index is 12.8. The smallest absolute Gasteiger partial charge is 0.255 e. The van der Waals surface area contributed by atoms with E-state index in [0.29, 0.717) is 18.7 Å². The van der Waals surface area contributed by atoms with E-state index in [-0.39, 0.29) is 17.7 Å². The molecule has 0 aromatic heterocycles. The molecule has 2 rings (SSSR count). The molecule has 1 aromatic carbocycles. The van der Waals surface area contributed by atoms with Gasteiger partial charge in [-0.3, -0.25) is 9.59 Å². The number of piperazine rings is 1. The van der Waals surface area contributed by atoms with E-state index in [1.54, 1.807) is 4.90 Å². The van der Waals surface area contributed by atoms with Gasteiger partial charge in [-0.1, -0.05) is 29.8 Å². The molecule has 6 heteroatoms. The molecule has 1 aliphatic heterocycles. The second-order valence-corrected chi connectivity index (χ2v) is 7.18. The zero-order chi connectivity index (χ0) is 14.9. The number of hydrogen-bond donors (Lipinski definition) is 1. The van der Waals surface area contributed by atoms with Crippen LogP contribution in [0.1, 0.15) is 24.2 Å². The highest BCUT2D eigenvalue weighted by Gasteiger charge is 2.36. The molecule has 1 aliphatic rings. The summed E-state index contributed by atoms with van der Waals surface area (Å²) in [6.07, 6.45) is 0. The van der Waals surface area contributed by atoms with Crippen molar-refractivity contribution in [2.45, 2.75) is 19.9 Å². The van der Waals surface area contributed by atoms with Gasteiger partial charge in [-0.15, -0.1) is 0 Å². The molecule has 20 heavy (non-hydrogen) atoms. The number of nitrogens with one attached hydrogen (secondary N) is 1. The zero-order valence-electron chi connectivity index (χ0n) is 11.3.